The first-order valence-electron chi connectivity index (χ1n) is 16.9. The zero-order chi connectivity index (χ0) is 33.5. The molecule has 0 saturated carbocycles. The van der Waals surface area contributed by atoms with E-state index in [9.17, 15) is 0 Å². The first-order valence-corrected chi connectivity index (χ1v) is 16.9. The van der Waals surface area contributed by atoms with Gasteiger partial charge in [-0.1, -0.05) is 109 Å². The summed E-state index contributed by atoms with van der Waals surface area (Å²) in [5, 5.41) is 6.44. The molecule has 0 saturated heterocycles. The fraction of sp³-hybridized carbons (Fsp3) is 0. The third-order valence-corrected chi connectivity index (χ3v) is 9.87. The number of fused-ring (bicyclic) bond motifs is 10. The molecule has 6 heteroatoms. The predicted molar refractivity (Wildman–Crippen MR) is 205 cm³/mol. The summed E-state index contributed by atoms with van der Waals surface area (Å²) in [6.45, 7) is 0. The Bertz CT molecular complexity index is 3030. The molecule has 11 aromatic rings. The van der Waals surface area contributed by atoms with Gasteiger partial charge in [-0.3, -0.25) is 0 Å². The molecule has 6 nitrogen and oxygen atoms in total. The fourth-order valence-electron chi connectivity index (χ4n) is 7.52. The van der Waals surface area contributed by atoms with Gasteiger partial charge in [0, 0.05) is 49.1 Å². The fourth-order valence-corrected chi connectivity index (χ4v) is 7.52. The molecule has 0 aliphatic rings. The first kappa shape index (κ1) is 27.9. The summed E-state index contributed by atoms with van der Waals surface area (Å²) in [7, 11) is 0. The number of hydrogen-bond acceptors (Lipinski definition) is 5. The van der Waals surface area contributed by atoms with Crippen molar-refractivity contribution in [2.24, 2.45) is 0 Å². The molecule has 4 aromatic heterocycles. The minimum atomic E-state index is 0.545. The highest BCUT2D eigenvalue weighted by molar-refractivity contribution is 6.20. The Morgan fingerprint density at radius 2 is 0.902 bits per heavy atom. The molecular formula is C45H26N4O2. The van der Waals surface area contributed by atoms with Crippen LogP contribution in [0, 0.1) is 0 Å². The van der Waals surface area contributed by atoms with Crippen molar-refractivity contribution in [3.8, 4) is 39.9 Å². The minimum absolute atomic E-state index is 0.545. The SMILES string of the molecule is c1ccc(-c2nc(-c3ccccc3)nc(-c3cccc4c3oc3c4ccc4c5cc(-n6c7ccccc7c7ccccc76)ccc5oc43)n2)cc1. The van der Waals surface area contributed by atoms with Gasteiger partial charge in [-0.25, -0.2) is 15.0 Å². The van der Waals surface area contributed by atoms with E-state index >= 15 is 0 Å². The van der Waals surface area contributed by atoms with Crippen molar-refractivity contribution in [1.29, 1.82) is 0 Å². The maximum absolute atomic E-state index is 6.79. The van der Waals surface area contributed by atoms with Crippen LogP contribution in [0.25, 0.3) is 106 Å². The Hall–Kier alpha value is -7.05. The molecule has 0 unspecified atom stereocenters. The molecule has 51 heavy (non-hydrogen) atoms. The number of aromatic nitrogens is 4. The van der Waals surface area contributed by atoms with Crippen molar-refractivity contribution in [2.75, 3.05) is 0 Å². The highest BCUT2D eigenvalue weighted by atomic mass is 16.4. The van der Waals surface area contributed by atoms with Crippen LogP contribution in [0.4, 0.5) is 0 Å². The summed E-state index contributed by atoms with van der Waals surface area (Å²) in [6, 6.07) is 53.9. The summed E-state index contributed by atoms with van der Waals surface area (Å²) in [5.41, 5.74) is 8.96. The zero-order valence-corrected chi connectivity index (χ0v) is 27.1. The van der Waals surface area contributed by atoms with Gasteiger partial charge in [0.15, 0.2) is 28.6 Å². The van der Waals surface area contributed by atoms with Crippen LogP contribution in [-0.4, -0.2) is 19.5 Å². The maximum Gasteiger partial charge on any atom is 0.178 e. The number of nitrogens with zero attached hydrogens (tertiary/aromatic N) is 4. The van der Waals surface area contributed by atoms with E-state index in [1.165, 1.54) is 21.8 Å². The molecule has 0 aliphatic heterocycles. The van der Waals surface area contributed by atoms with Gasteiger partial charge >= 0.3 is 0 Å². The molecule has 0 radical (unpaired) electrons. The predicted octanol–water partition coefficient (Wildman–Crippen LogP) is 11.8. The lowest BCUT2D eigenvalue weighted by atomic mass is 10.1. The van der Waals surface area contributed by atoms with Gasteiger partial charge in [0.1, 0.15) is 11.2 Å². The average molecular weight is 655 g/mol. The third kappa shape index (κ3) is 4.20. The molecule has 0 spiro atoms. The summed E-state index contributed by atoms with van der Waals surface area (Å²) < 4.78 is 15.7. The van der Waals surface area contributed by atoms with Crippen LogP contribution in [-0.2, 0) is 0 Å². The van der Waals surface area contributed by atoms with E-state index < -0.39 is 0 Å². The van der Waals surface area contributed by atoms with Crippen molar-refractivity contribution < 1.29 is 8.83 Å². The lowest BCUT2D eigenvalue weighted by Crippen LogP contribution is -2.00. The highest BCUT2D eigenvalue weighted by Crippen LogP contribution is 2.42. The molecule has 0 amide bonds. The van der Waals surface area contributed by atoms with Gasteiger partial charge in [-0.05, 0) is 48.5 Å². The van der Waals surface area contributed by atoms with E-state index in [4.69, 9.17) is 23.8 Å². The molecule has 0 N–H and O–H groups in total. The Morgan fingerprint density at radius 3 is 1.57 bits per heavy atom. The van der Waals surface area contributed by atoms with Crippen LogP contribution >= 0.6 is 0 Å². The number of hydrogen-bond donors (Lipinski definition) is 0. The van der Waals surface area contributed by atoms with Crippen molar-refractivity contribution in [2.45, 2.75) is 0 Å². The van der Waals surface area contributed by atoms with Crippen LogP contribution in [0.2, 0.25) is 0 Å². The van der Waals surface area contributed by atoms with E-state index in [-0.39, 0.29) is 0 Å². The Morgan fingerprint density at radius 1 is 0.373 bits per heavy atom. The number of para-hydroxylation sites is 3. The van der Waals surface area contributed by atoms with Crippen molar-refractivity contribution in [3.63, 3.8) is 0 Å². The molecule has 0 bridgehead atoms. The lowest BCUT2D eigenvalue weighted by Gasteiger charge is -2.08. The lowest BCUT2D eigenvalue weighted by molar-refractivity contribution is 0.633. The molecule has 238 valence electrons. The third-order valence-electron chi connectivity index (χ3n) is 9.87. The summed E-state index contributed by atoms with van der Waals surface area (Å²) in [6.07, 6.45) is 0. The molecule has 0 aliphatic carbocycles. The highest BCUT2D eigenvalue weighted by Gasteiger charge is 2.21. The zero-order valence-electron chi connectivity index (χ0n) is 27.1. The molecule has 0 fully saturated rings. The standard InChI is InChI=1S/C45H26N4O2/c1-3-12-27(13-4-1)43-46-44(28-14-5-2-6-15-28)48-45(47-43)35-19-11-18-32-33-23-24-34-36-26-29(22-25-39(36)50-41(34)42(33)51-40(32)35)49-37-20-9-7-16-30(37)31-17-8-10-21-38(31)49/h1-26H. The van der Waals surface area contributed by atoms with E-state index in [2.05, 4.69) is 89.5 Å². The van der Waals surface area contributed by atoms with Crippen LogP contribution in [0.1, 0.15) is 0 Å². The van der Waals surface area contributed by atoms with E-state index in [1.807, 2.05) is 72.8 Å². The van der Waals surface area contributed by atoms with Gasteiger partial charge in [-0.2, -0.15) is 0 Å². The number of furan rings is 2. The van der Waals surface area contributed by atoms with Crippen LogP contribution < -0.4 is 0 Å². The number of benzene rings is 7. The van der Waals surface area contributed by atoms with Crippen LogP contribution in [0.3, 0.4) is 0 Å². The van der Waals surface area contributed by atoms with E-state index in [0.717, 1.165) is 55.1 Å². The van der Waals surface area contributed by atoms with Crippen molar-refractivity contribution >= 4 is 65.7 Å². The van der Waals surface area contributed by atoms with Crippen molar-refractivity contribution in [3.05, 3.63) is 158 Å². The Kier molecular flexibility index (Phi) is 5.86. The molecule has 11 rings (SSSR count). The quantitative estimate of drug-likeness (QED) is 0.189. The largest absolute Gasteiger partial charge is 0.452 e. The van der Waals surface area contributed by atoms with E-state index in [0.29, 0.717) is 28.6 Å². The Balaban J connectivity index is 1.12. The summed E-state index contributed by atoms with van der Waals surface area (Å²) >= 11 is 0. The monoisotopic (exact) mass is 654 g/mol. The maximum atomic E-state index is 6.79. The van der Waals surface area contributed by atoms with Gasteiger partial charge in [0.25, 0.3) is 0 Å². The average Bonchev–Trinajstić information content (AvgIpc) is 3.88. The topological polar surface area (TPSA) is 69.9 Å². The van der Waals surface area contributed by atoms with Gasteiger partial charge < -0.3 is 13.4 Å². The second-order valence-corrected chi connectivity index (χ2v) is 12.8. The second kappa shape index (κ2) is 10.7. The Labute approximate surface area is 290 Å². The van der Waals surface area contributed by atoms with Gasteiger partial charge in [0.05, 0.1) is 16.6 Å². The van der Waals surface area contributed by atoms with Crippen LogP contribution in [0.5, 0.6) is 0 Å². The van der Waals surface area contributed by atoms with Gasteiger partial charge in [-0.15, -0.1) is 0 Å². The molecule has 7 aromatic carbocycles. The summed E-state index contributed by atoms with van der Waals surface area (Å²) in [5.74, 6) is 1.75. The van der Waals surface area contributed by atoms with Gasteiger partial charge in [0.2, 0.25) is 0 Å². The smallest absolute Gasteiger partial charge is 0.178 e. The first-order chi connectivity index (χ1) is 25.3. The second-order valence-electron chi connectivity index (χ2n) is 12.8. The molecule has 0 atom stereocenters. The minimum Gasteiger partial charge on any atom is -0.452 e. The molecular weight excluding hydrogens is 629 g/mol. The van der Waals surface area contributed by atoms with E-state index in [1.54, 1.807) is 0 Å². The number of rotatable bonds is 4. The molecule has 4 heterocycles. The normalized spacial score (nSPS) is 11.9. The van der Waals surface area contributed by atoms with Crippen LogP contribution in [0.15, 0.2) is 167 Å². The summed E-state index contributed by atoms with van der Waals surface area (Å²) in [4.78, 5) is 14.8. The van der Waals surface area contributed by atoms with Crippen molar-refractivity contribution in [1.82, 2.24) is 19.5 Å².